The van der Waals surface area contributed by atoms with Crippen molar-refractivity contribution in [1.82, 2.24) is 4.90 Å². The molecule has 0 spiro atoms. The van der Waals surface area contributed by atoms with Gasteiger partial charge in [0.25, 0.3) is 5.91 Å². The number of nitrogens with zero attached hydrogens (tertiary/aromatic N) is 1. The first kappa shape index (κ1) is 16.3. The van der Waals surface area contributed by atoms with Crippen molar-refractivity contribution < 1.29 is 19.4 Å². The molecular weight excluding hydrogens is 282 g/mol. The van der Waals surface area contributed by atoms with Gasteiger partial charge in [-0.25, -0.2) is 0 Å². The predicted molar refractivity (Wildman–Crippen MR) is 76.2 cm³/mol. The van der Waals surface area contributed by atoms with Crippen LogP contribution >= 0.6 is 11.6 Å². The molecule has 1 atom stereocenters. The van der Waals surface area contributed by atoms with Crippen molar-refractivity contribution in [3.63, 3.8) is 0 Å². The molecule has 0 fully saturated rings. The van der Waals surface area contributed by atoms with E-state index in [0.29, 0.717) is 17.3 Å². The monoisotopic (exact) mass is 299 g/mol. The van der Waals surface area contributed by atoms with Crippen molar-refractivity contribution in [3.8, 4) is 5.75 Å². The number of likely N-dealkylation sites (N-methyl/N-ethyl adjacent to an activating group) is 1. The maximum atomic E-state index is 12.1. The molecule has 0 bridgehead atoms. The third-order valence-corrected chi connectivity index (χ3v) is 3.04. The van der Waals surface area contributed by atoms with E-state index in [1.54, 1.807) is 32.0 Å². The summed E-state index contributed by atoms with van der Waals surface area (Å²) in [6.07, 6.45) is -0.755. The highest BCUT2D eigenvalue weighted by Crippen LogP contribution is 2.23. The third-order valence-electron chi connectivity index (χ3n) is 2.81. The number of carbonyl (C=O) groups is 2. The molecule has 0 aliphatic heterocycles. The number of aryl methyl sites for hydroxylation is 1. The number of halogens is 1. The van der Waals surface area contributed by atoms with Gasteiger partial charge in [0, 0.05) is 11.6 Å². The number of carboxylic acid groups (broad SMARTS) is 1. The lowest BCUT2D eigenvalue weighted by Gasteiger charge is -2.23. The Morgan fingerprint density at radius 3 is 2.60 bits per heavy atom. The molecule has 0 saturated carbocycles. The van der Waals surface area contributed by atoms with Crippen molar-refractivity contribution in [2.24, 2.45) is 0 Å². The van der Waals surface area contributed by atoms with Crippen LogP contribution in [-0.2, 0) is 9.59 Å². The van der Waals surface area contributed by atoms with E-state index < -0.39 is 12.1 Å². The molecule has 0 aliphatic rings. The van der Waals surface area contributed by atoms with Crippen molar-refractivity contribution in [1.29, 1.82) is 0 Å². The van der Waals surface area contributed by atoms with Crippen LogP contribution in [0.25, 0.3) is 0 Å². The van der Waals surface area contributed by atoms with E-state index in [-0.39, 0.29) is 12.5 Å². The van der Waals surface area contributed by atoms with Gasteiger partial charge in [-0.3, -0.25) is 9.59 Å². The molecule has 0 saturated heterocycles. The number of hydrogen-bond acceptors (Lipinski definition) is 3. The average molecular weight is 300 g/mol. The lowest BCUT2D eigenvalue weighted by molar-refractivity contribution is -0.147. The molecular formula is C14H18ClNO4. The molecule has 0 aliphatic carbocycles. The molecule has 1 unspecified atom stereocenters. The summed E-state index contributed by atoms with van der Waals surface area (Å²) in [6.45, 7) is 5.14. The zero-order valence-corrected chi connectivity index (χ0v) is 12.5. The molecule has 0 radical (unpaired) electrons. The summed E-state index contributed by atoms with van der Waals surface area (Å²) in [5.74, 6) is -0.846. The molecule has 5 nitrogen and oxygen atoms in total. The topological polar surface area (TPSA) is 66.8 Å². The fraction of sp³-hybridized carbons (Fsp3) is 0.429. The molecule has 110 valence electrons. The molecule has 1 rings (SSSR count). The van der Waals surface area contributed by atoms with Gasteiger partial charge in [0.2, 0.25) is 0 Å². The standard InChI is InChI=1S/C14H18ClNO4/c1-4-16(8-13(17)18)14(19)10(3)20-12-6-5-11(15)7-9(12)2/h5-7,10H,4,8H2,1-3H3,(H,17,18). The molecule has 0 heterocycles. The highest BCUT2D eigenvalue weighted by Gasteiger charge is 2.23. The van der Waals surface area contributed by atoms with Gasteiger partial charge in [0.05, 0.1) is 0 Å². The van der Waals surface area contributed by atoms with Crippen LogP contribution in [0, 0.1) is 6.92 Å². The van der Waals surface area contributed by atoms with Gasteiger partial charge in [-0.2, -0.15) is 0 Å². The SMILES string of the molecule is CCN(CC(=O)O)C(=O)C(C)Oc1ccc(Cl)cc1C. The van der Waals surface area contributed by atoms with Crippen molar-refractivity contribution >= 4 is 23.5 Å². The van der Waals surface area contributed by atoms with Gasteiger partial charge >= 0.3 is 5.97 Å². The minimum atomic E-state index is -1.05. The van der Waals surface area contributed by atoms with Crippen LogP contribution in [-0.4, -0.2) is 41.1 Å². The Morgan fingerprint density at radius 1 is 1.45 bits per heavy atom. The highest BCUT2D eigenvalue weighted by atomic mass is 35.5. The second-order valence-corrected chi connectivity index (χ2v) is 4.85. The van der Waals surface area contributed by atoms with Crippen LogP contribution < -0.4 is 4.74 Å². The Labute approximate surface area is 123 Å². The minimum Gasteiger partial charge on any atom is -0.481 e. The number of amides is 1. The summed E-state index contributed by atoms with van der Waals surface area (Å²) in [7, 11) is 0. The second kappa shape index (κ2) is 7.14. The number of carboxylic acids is 1. The van der Waals surface area contributed by atoms with E-state index in [4.69, 9.17) is 21.4 Å². The van der Waals surface area contributed by atoms with Crippen LogP contribution in [0.4, 0.5) is 0 Å². The molecule has 20 heavy (non-hydrogen) atoms. The first-order valence-corrected chi connectivity index (χ1v) is 6.66. The van der Waals surface area contributed by atoms with E-state index >= 15 is 0 Å². The smallest absolute Gasteiger partial charge is 0.323 e. The van der Waals surface area contributed by atoms with E-state index in [9.17, 15) is 9.59 Å². The molecule has 1 N–H and O–H groups in total. The number of benzene rings is 1. The number of hydrogen-bond donors (Lipinski definition) is 1. The predicted octanol–water partition coefficient (Wildman–Crippen LogP) is 2.35. The summed E-state index contributed by atoms with van der Waals surface area (Å²) in [6, 6.07) is 5.10. The average Bonchev–Trinajstić information content (AvgIpc) is 2.38. The highest BCUT2D eigenvalue weighted by molar-refractivity contribution is 6.30. The maximum Gasteiger partial charge on any atom is 0.323 e. The zero-order chi connectivity index (χ0) is 15.3. The van der Waals surface area contributed by atoms with Gasteiger partial charge in [0.15, 0.2) is 6.10 Å². The fourth-order valence-corrected chi connectivity index (χ4v) is 1.98. The third kappa shape index (κ3) is 4.42. The van der Waals surface area contributed by atoms with Crippen molar-refractivity contribution in [2.75, 3.05) is 13.1 Å². The summed E-state index contributed by atoms with van der Waals surface area (Å²) < 4.78 is 5.58. The van der Waals surface area contributed by atoms with Gasteiger partial charge in [-0.15, -0.1) is 0 Å². The maximum absolute atomic E-state index is 12.1. The Morgan fingerprint density at radius 2 is 2.10 bits per heavy atom. The van der Waals surface area contributed by atoms with Crippen molar-refractivity contribution in [3.05, 3.63) is 28.8 Å². The number of ether oxygens (including phenoxy) is 1. The zero-order valence-electron chi connectivity index (χ0n) is 11.7. The quantitative estimate of drug-likeness (QED) is 0.875. The van der Waals surface area contributed by atoms with Crippen molar-refractivity contribution in [2.45, 2.75) is 26.9 Å². The van der Waals surface area contributed by atoms with E-state index in [2.05, 4.69) is 0 Å². The van der Waals surface area contributed by atoms with Crippen LogP contribution in [0.5, 0.6) is 5.75 Å². The summed E-state index contributed by atoms with van der Waals surface area (Å²) in [5.41, 5.74) is 0.818. The molecule has 6 heteroatoms. The van der Waals surface area contributed by atoms with Crippen LogP contribution in [0.15, 0.2) is 18.2 Å². The lowest BCUT2D eigenvalue weighted by Crippen LogP contribution is -2.43. The number of aliphatic carboxylic acids is 1. The molecule has 1 aromatic carbocycles. The summed E-state index contributed by atoms with van der Waals surface area (Å²) in [4.78, 5) is 24.0. The van der Waals surface area contributed by atoms with Crippen LogP contribution in [0.3, 0.4) is 0 Å². The van der Waals surface area contributed by atoms with E-state index in [0.717, 1.165) is 5.56 Å². The molecule has 1 amide bonds. The first-order chi connectivity index (χ1) is 9.35. The first-order valence-electron chi connectivity index (χ1n) is 6.28. The Hall–Kier alpha value is -1.75. The van der Waals surface area contributed by atoms with Crippen LogP contribution in [0.2, 0.25) is 5.02 Å². The van der Waals surface area contributed by atoms with E-state index in [1.807, 2.05) is 6.92 Å². The Balaban J connectivity index is 2.76. The second-order valence-electron chi connectivity index (χ2n) is 4.42. The normalized spacial score (nSPS) is 11.8. The largest absolute Gasteiger partial charge is 0.481 e. The number of carbonyl (C=O) groups excluding carboxylic acids is 1. The minimum absolute atomic E-state index is 0.318. The van der Waals surface area contributed by atoms with Gasteiger partial charge in [-0.1, -0.05) is 11.6 Å². The fourth-order valence-electron chi connectivity index (χ4n) is 1.75. The number of rotatable bonds is 6. The Kier molecular flexibility index (Phi) is 5.82. The van der Waals surface area contributed by atoms with Gasteiger partial charge in [-0.05, 0) is 44.5 Å². The molecule has 0 aromatic heterocycles. The Bertz CT molecular complexity index is 504. The molecule has 1 aromatic rings. The van der Waals surface area contributed by atoms with E-state index in [1.165, 1.54) is 4.90 Å². The van der Waals surface area contributed by atoms with Gasteiger partial charge in [0.1, 0.15) is 12.3 Å². The lowest BCUT2D eigenvalue weighted by atomic mass is 10.2. The van der Waals surface area contributed by atoms with Crippen LogP contribution in [0.1, 0.15) is 19.4 Å². The summed E-state index contributed by atoms with van der Waals surface area (Å²) >= 11 is 5.85. The summed E-state index contributed by atoms with van der Waals surface area (Å²) in [5, 5.41) is 9.35. The van der Waals surface area contributed by atoms with Gasteiger partial charge < -0.3 is 14.7 Å².